The molecule has 0 aliphatic rings. The number of halogens is 1. The highest BCUT2D eigenvalue weighted by atomic mass is 35.5. The van der Waals surface area contributed by atoms with Gasteiger partial charge in [-0.2, -0.15) is 5.26 Å². The number of nitriles is 1. The van der Waals surface area contributed by atoms with Gasteiger partial charge in [-0.3, -0.25) is 10.1 Å². The van der Waals surface area contributed by atoms with Gasteiger partial charge >= 0.3 is 5.88 Å². The van der Waals surface area contributed by atoms with Crippen LogP contribution < -0.4 is 5.32 Å². The molecule has 1 heterocycles. The van der Waals surface area contributed by atoms with E-state index in [-0.39, 0.29) is 12.4 Å². The first-order valence-electron chi connectivity index (χ1n) is 5.27. The van der Waals surface area contributed by atoms with Gasteiger partial charge in [-0.15, -0.1) is 0 Å². The number of hydrogen-bond acceptors (Lipinski definition) is 5. The predicted octanol–water partition coefficient (Wildman–Crippen LogP) is 3.32. The maximum Gasteiger partial charge on any atom is 0.433 e. The maximum atomic E-state index is 10.4. The first kappa shape index (κ1) is 12.9. The van der Waals surface area contributed by atoms with Gasteiger partial charge in [0.05, 0.1) is 23.2 Å². The van der Waals surface area contributed by atoms with Crippen molar-refractivity contribution in [2.45, 2.75) is 6.54 Å². The average molecular weight is 278 g/mol. The van der Waals surface area contributed by atoms with Crippen molar-refractivity contribution in [2.75, 3.05) is 5.32 Å². The Morgan fingerprint density at radius 3 is 2.79 bits per heavy atom. The van der Waals surface area contributed by atoms with Crippen molar-refractivity contribution in [3.8, 4) is 6.07 Å². The highest BCUT2D eigenvalue weighted by Gasteiger charge is 2.11. The van der Waals surface area contributed by atoms with Crippen LogP contribution in [0.15, 0.2) is 34.7 Å². The highest BCUT2D eigenvalue weighted by Crippen LogP contribution is 2.21. The minimum Gasteiger partial charge on any atom is -0.404 e. The van der Waals surface area contributed by atoms with Crippen LogP contribution in [0, 0.1) is 21.4 Å². The smallest absolute Gasteiger partial charge is 0.404 e. The van der Waals surface area contributed by atoms with Gasteiger partial charge in [0.15, 0.2) is 0 Å². The van der Waals surface area contributed by atoms with Gasteiger partial charge in [-0.05, 0) is 24.3 Å². The third-order valence-corrected chi connectivity index (χ3v) is 2.70. The van der Waals surface area contributed by atoms with Crippen LogP contribution >= 0.6 is 11.6 Å². The Bertz CT molecular complexity index is 660. The largest absolute Gasteiger partial charge is 0.433 e. The average Bonchev–Trinajstić information content (AvgIpc) is 2.85. The molecule has 0 fully saturated rings. The van der Waals surface area contributed by atoms with Crippen molar-refractivity contribution in [1.82, 2.24) is 0 Å². The van der Waals surface area contributed by atoms with Gasteiger partial charge in [0.1, 0.15) is 16.8 Å². The molecule has 2 aromatic rings. The summed E-state index contributed by atoms with van der Waals surface area (Å²) >= 11 is 5.88. The molecular formula is C12H8ClN3O3. The Labute approximate surface area is 113 Å². The van der Waals surface area contributed by atoms with Crippen molar-refractivity contribution in [3.05, 3.63) is 56.8 Å². The Kier molecular flexibility index (Phi) is 3.68. The van der Waals surface area contributed by atoms with E-state index in [4.69, 9.17) is 21.3 Å². The topological polar surface area (TPSA) is 92.1 Å². The summed E-state index contributed by atoms with van der Waals surface area (Å²) < 4.78 is 5.00. The summed E-state index contributed by atoms with van der Waals surface area (Å²) in [5, 5.41) is 22.5. The molecule has 0 spiro atoms. The van der Waals surface area contributed by atoms with Crippen LogP contribution in [0.4, 0.5) is 11.6 Å². The molecule has 1 N–H and O–H groups in total. The second-order valence-corrected chi connectivity index (χ2v) is 4.06. The first-order chi connectivity index (χ1) is 9.10. The molecule has 0 bridgehead atoms. The summed E-state index contributed by atoms with van der Waals surface area (Å²) in [4.78, 5) is 9.85. The third kappa shape index (κ3) is 3.03. The zero-order valence-corrected chi connectivity index (χ0v) is 10.3. The van der Waals surface area contributed by atoms with E-state index in [9.17, 15) is 10.1 Å². The molecule has 0 unspecified atom stereocenters. The third-order valence-electron chi connectivity index (χ3n) is 2.38. The number of hydrogen-bond donors (Lipinski definition) is 1. The summed E-state index contributed by atoms with van der Waals surface area (Å²) in [6.07, 6.45) is 0. The van der Waals surface area contributed by atoms with E-state index in [0.29, 0.717) is 22.0 Å². The SMILES string of the molecule is N#Cc1ccc(NCc2ccc([N+](=O)[O-])o2)cc1Cl. The quantitative estimate of drug-likeness (QED) is 0.683. The molecule has 7 heteroatoms. The molecule has 19 heavy (non-hydrogen) atoms. The molecule has 1 aromatic carbocycles. The molecule has 0 saturated carbocycles. The van der Waals surface area contributed by atoms with Gasteiger partial charge in [-0.1, -0.05) is 11.6 Å². The summed E-state index contributed by atoms with van der Waals surface area (Å²) in [7, 11) is 0. The maximum absolute atomic E-state index is 10.4. The van der Waals surface area contributed by atoms with Gasteiger partial charge in [0.2, 0.25) is 0 Å². The molecule has 0 atom stereocenters. The van der Waals surface area contributed by atoms with Crippen LogP contribution in [-0.2, 0) is 6.54 Å². The second-order valence-electron chi connectivity index (χ2n) is 3.66. The van der Waals surface area contributed by atoms with Crippen LogP contribution in [0.1, 0.15) is 11.3 Å². The van der Waals surface area contributed by atoms with Gasteiger partial charge < -0.3 is 9.73 Å². The second kappa shape index (κ2) is 5.42. The van der Waals surface area contributed by atoms with E-state index in [1.807, 2.05) is 6.07 Å². The van der Waals surface area contributed by atoms with Crippen molar-refractivity contribution < 1.29 is 9.34 Å². The van der Waals surface area contributed by atoms with Crippen LogP contribution in [0.3, 0.4) is 0 Å². The summed E-state index contributed by atoms with van der Waals surface area (Å²) in [6.45, 7) is 0.288. The standard InChI is InChI=1S/C12H8ClN3O3/c13-11-5-9(2-1-8(11)6-14)15-7-10-3-4-12(19-10)16(17)18/h1-5,15H,7H2. The summed E-state index contributed by atoms with van der Waals surface area (Å²) in [5.74, 6) is 0.141. The fraction of sp³-hybridized carbons (Fsp3) is 0.0833. The molecule has 6 nitrogen and oxygen atoms in total. The van der Waals surface area contributed by atoms with Crippen molar-refractivity contribution in [1.29, 1.82) is 5.26 Å². The van der Waals surface area contributed by atoms with Crippen LogP contribution in [0.25, 0.3) is 0 Å². The minimum atomic E-state index is -0.595. The van der Waals surface area contributed by atoms with Crippen LogP contribution in [0.5, 0.6) is 0 Å². The van der Waals surface area contributed by atoms with Crippen LogP contribution in [-0.4, -0.2) is 4.92 Å². The normalized spacial score (nSPS) is 9.89. The van der Waals surface area contributed by atoms with Crippen molar-refractivity contribution in [3.63, 3.8) is 0 Å². The monoisotopic (exact) mass is 277 g/mol. The molecule has 0 radical (unpaired) electrons. The summed E-state index contributed by atoms with van der Waals surface area (Å²) in [5.41, 5.74) is 1.09. The Balaban J connectivity index is 2.04. The fourth-order valence-electron chi connectivity index (χ4n) is 1.46. The van der Waals surface area contributed by atoms with Gasteiger partial charge in [0.25, 0.3) is 0 Å². The van der Waals surface area contributed by atoms with E-state index < -0.39 is 4.92 Å². The predicted molar refractivity (Wildman–Crippen MR) is 68.9 cm³/mol. The molecular weight excluding hydrogens is 270 g/mol. The lowest BCUT2D eigenvalue weighted by molar-refractivity contribution is -0.402. The highest BCUT2D eigenvalue weighted by molar-refractivity contribution is 6.32. The van der Waals surface area contributed by atoms with Gasteiger partial charge in [-0.25, -0.2) is 0 Å². The van der Waals surface area contributed by atoms with E-state index in [1.54, 1.807) is 18.2 Å². The number of rotatable bonds is 4. The zero-order valence-electron chi connectivity index (χ0n) is 9.59. The lowest BCUT2D eigenvalue weighted by Gasteiger charge is -2.05. The molecule has 2 rings (SSSR count). The Morgan fingerprint density at radius 1 is 1.42 bits per heavy atom. The number of nitro groups is 1. The molecule has 0 amide bonds. The number of nitrogens with one attached hydrogen (secondary N) is 1. The number of nitrogens with zero attached hydrogens (tertiary/aromatic N) is 2. The zero-order chi connectivity index (χ0) is 13.8. The molecule has 96 valence electrons. The van der Waals surface area contributed by atoms with E-state index in [1.165, 1.54) is 12.1 Å². The first-order valence-corrected chi connectivity index (χ1v) is 5.64. The fourth-order valence-corrected chi connectivity index (χ4v) is 1.69. The van der Waals surface area contributed by atoms with Crippen molar-refractivity contribution in [2.24, 2.45) is 0 Å². The molecule has 0 aliphatic carbocycles. The lowest BCUT2D eigenvalue weighted by atomic mass is 10.2. The van der Waals surface area contributed by atoms with E-state index in [0.717, 1.165) is 0 Å². The number of benzene rings is 1. The number of furan rings is 1. The number of anilines is 1. The molecule has 1 aromatic heterocycles. The minimum absolute atomic E-state index is 0.288. The lowest BCUT2D eigenvalue weighted by Crippen LogP contribution is -1.98. The van der Waals surface area contributed by atoms with E-state index in [2.05, 4.69) is 5.32 Å². The van der Waals surface area contributed by atoms with Crippen LogP contribution in [0.2, 0.25) is 5.02 Å². The van der Waals surface area contributed by atoms with Gasteiger partial charge in [0, 0.05) is 5.69 Å². The van der Waals surface area contributed by atoms with E-state index >= 15 is 0 Å². The molecule has 0 saturated heterocycles. The summed E-state index contributed by atoms with van der Waals surface area (Å²) in [6, 6.07) is 9.67. The molecule has 0 aliphatic heterocycles. The Hall–Kier alpha value is -2.52. The Morgan fingerprint density at radius 2 is 2.21 bits per heavy atom. The van der Waals surface area contributed by atoms with Crippen molar-refractivity contribution >= 4 is 23.2 Å².